The number of nitrogens with zero attached hydrogens (tertiary/aromatic N) is 2. The van der Waals surface area contributed by atoms with Gasteiger partial charge in [0.25, 0.3) is 0 Å². The summed E-state index contributed by atoms with van der Waals surface area (Å²) >= 11 is 0. The van der Waals surface area contributed by atoms with Crippen LogP contribution in [0.2, 0.25) is 0 Å². The fourth-order valence-corrected chi connectivity index (χ4v) is 3.49. The van der Waals surface area contributed by atoms with Crippen LogP contribution >= 0.6 is 0 Å². The van der Waals surface area contributed by atoms with E-state index in [0.717, 1.165) is 39.0 Å². The summed E-state index contributed by atoms with van der Waals surface area (Å²) in [5.74, 6) is 1.46. The first-order valence-electron chi connectivity index (χ1n) is 10.5. The molecule has 32 heavy (non-hydrogen) atoms. The van der Waals surface area contributed by atoms with Gasteiger partial charge in [-0.15, -0.1) is 0 Å². The van der Waals surface area contributed by atoms with Crippen LogP contribution in [-0.2, 0) is 24.6 Å². The second-order valence-electron chi connectivity index (χ2n) is 7.43. The highest BCUT2D eigenvalue weighted by Crippen LogP contribution is 2.25. The van der Waals surface area contributed by atoms with Gasteiger partial charge >= 0.3 is 0 Å². The third kappa shape index (κ3) is 5.42. The summed E-state index contributed by atoms with van der Waals surface area (Å²) in [4.78, 5) is 4.64. The number of rotatable bonds is 9. The van der Waals surface area contributed by atoms with Gasteiger partial charge in [0.05, 0.1) is 24.4 Å². The molecule has 0 radical (unpaired) electrons. The van der Waals surface area contributed by atoms with Gasteiger partial charge in [-0.1, -0.05) is 54.6 Å². The minimum absolute atomic E-state index is 0.0107. The summed E-state index contributed by atoms with van der Waals surface area (Å²) < 4.78 is 17.5. The molecule has 0 aliphatic rings. The van der Waals surface area contributed by atoms with Crippen LogP contribution in [0.1, 0.15) is 22.4 Å². The molecule has 1 heterocycles. The van der Waals surface area contributed by atoms with Crippen LogP contribution in [0.4, 0.5) is 0 Å². The summed E-state index contributed by atoms with van der Waals surface area (Å²) in [5.41, 5.74) is 4.78. The van der Waals surface area contributed by atoms with E-state index in [4.69, 9.17) is 19.5 Å². The van der Waals surface area contributed by atoms with Crippen molar-refractivity contribution in [2.45, 2.75) is 26.7 Å². The van der Waals surface area contributed by atoms with Gasteiger partial charge in [0, 0.05) is 10.9 Å². The fourth-order valence-electron chi connectivity index (χ4n) is 3.49. The van der Waals surface area contributed by atoms with Crippen molar-refractivity contribution in [1.82, 2.24) is 4.98 Å². The largest absolute Gasteiger partial charge is 0.489 e. The van der Waals surface area contributed by atoms with E-state index < -0.39 is 0 Å². The lowest BCUT2D eigenvalue weighted by atomic mass is 10.1. The molecule has 0 bridgehead atoms. The Bertz CT molecular complexity index is 1250. The topological polar surface area (TPSA) is 64.4 Å². The van der Waals surface area contributed by atoms with Crippen LogP contribution in [0, 0.1) is 18.3 Å². The Morgan fingerprint density at radius 2 is 1.72 bits per heavy atom. The maximum Gasteiger partial charge on any atom is 0.174 e. The number of benzene rings is 3. The predicted octanol–water partition coefficient (Wildman–Crippen LogP) is 5.74. The second kappa shape index (κ2) is 10.4. The lowest BCUT2D eigenvalue weighted by Gasteiger charge is -2.14. The van der Waals surface area contributed by atoms with Gasteiger partial charge in [0.15, 0.2) is 6.61 Å². The Morgan fingerprint density at radius 3 is 2.62 bits per heavy atom. The summed E-state index contributed by atoms with van der Waals surface area (Å²) in [6.07, 6.45) is 0. The minimum atomic E-state index is 0.0107. The molecule has 160 valence electrons. The van der Waals surface area contributed by atoms with E-state index in [0.29, 0.717) is 25.6 Å². The van der Waals surface area contributed by atoms with Crippen molar-refractivity contribution in [3.8, 4) is 17.6 Å². The first kappa shape index (κ1) is 21.4. The number of aryl methyl sites for hydroxylation is 1. The Labute approximate surface area is 187 Å². The molecule has 0 spiro atoms. The van der Waals surface area contributed by atoms with E-state index in [1.165, 1.54) is 0 Å². The number of fused-ring (bicyclic) bond motifs is 1. The highest BCUT2D eigenvalue weighted by Gasteiger charge is 2.08. The summed E-state index contributed by atoms with van der Waals surface area (Å²) in [5, 5.41) is 9.94. The molecule has 0 unspecified atom stereocenters. The molecule has 5 nitrogen and oxygen atoms in total. The van der Waals surface area contributed by atoms with E-state index >= 15 is 0 Å². The molecule has 4 aromatic rings. The average Bonchev–Trinajstić information content (AvgIpc) is 2.82. The number of pyridine rings is 1. The Hall–Kier alpha value is -3.88. The molecule has 0 saturated heterocycles. The van der Waals surface area contributed by atoms with Crippen molar-refractivity contribution in [1.29, 1.82) is 5.26 Å². The Kier molecular flexibility index (Phi) is 6.96. The standard InChI is InChI=1S/C27H24N2O3/c1-20-6-4-9-23(27(20)31-15-14-28)18-32-25-10-5-7-21(16-25)17-30-19-24-13-12-22-8-2-3-11-26(22)29-24/h2-13,16H,15,17-19H2,1H3. The maximum absolute atomic E-state index is 8.82. The third-order valence-corrected chi connectivity index (χ3v) is 5.04. The molecule has 0 amide bonds. The lowest BCUT2D eigenvalue weighted by molar-refractivity contribution is 0.104. The fraction of sp³-hybridized carbons (Fsp3) is 0.185. The van der Waals surface area contributed by atoms with Gasteiger partial charge < -0.3 is 14.2 Å². The molecule has 1 aromatic heterocycles. The number of hydrogen-bond acceptors (Lipinski definition) is 5. The van der Waals surface area contributed by atoms with Crippen LogP contribution in [-0.4, -0.2) is 11.6 Å². The SMILES string of the molecule is Cc1cccc(COc2cccc(COCc3ccc4ccccc4n3)c2)c1OCC#N. The van der Waals surface area contributed by atoms with Crippen molar-refractivity contribution >= 4 is 10.9 Å². The molecule has 0 aliphatic heterocycles. The molecule has 0 fully saturated rings. The number of aromatic nitrogens is 1. The average molecular weight is 425 g/mol. The number of para-hydroxylation sites is 2. The van der Waals surface area contributed by atoms with Crippen molar-refractivity contribution in [2.24, 2.45) is 0 Å². The number of ether oxygens (including phenoxy) is 3. The third-order valence-electron chi connectivity index (χ3n) is 5.04. The highest BCUT2D eigenvalue weighted by atomic mass is 16.5. The van der Waals surface area contributed by atoms with Crippen molar-refractivity contribution in [2.75, 3.05) is 6.61 Å². The van der Waals surface area contributed by atoms with Gasteiger partial charge in [0.1, 0.15) is 24.2 Å². The van der Waals surface area contributed by atoms with Crippen LogP contribution in [0.3, 0.4) is 0 Å². The van der Waals surface area contributed by atoms with E-state index in [1.54, 1.807) is 0 Å². The van der Waals surface area contributed by atoms with Crippen LogP contribution < -0.4 is 9.47 Å². The van der Waals surface area contributed by atoms with Gasteiger partial charge in [-0.05, 0) is 42.3 Å². The second-order valence-corrected chi connectivity index (χ2v) is 7.43. The summed E-state index contributed by atoms with van der Waals surface area (Å²) in [6, 6.07) is 27.8. The van der Waals surface area contributed by atoms with Crippen molar-refractivity contribution in [3.63, 3.8) is 0 Å². The molecule has 4 rings (SSSR count). The molecule has 0 aliphatic carbocycles. The van der Waals surface area contributed by atoms with E-state index in [1.807, 2.05) is 85.8 Å². The molecule has 0 saturated carbocycles. The van der Waals surface area contributed by atoms with E-state index in [-0.39, 0.29) is 6.61 Å². The van der Waals surface area contributed by atoms with Gasteiger partial charge in [0.2, 0.25) is 0 Å². The van der Waals surface area contributed by atoms with E-state index in [2.05, 4.69) is 11.1 Å². The summed E-state index contributed by atoms with van der Waals surface area (Å²) in [6.45, 7) is 3.23. The van der Waals surface area contributed by atoms with Gasteiger partial charge in [-0.25, -0.2) is 0 Å². The lowest BCUT2D eigenvalue weighted by Crippen LogP contribution is -2.03. The first-order chi connectivity index (χ1) is 15.7. The summed E-state index contributed by atoms with van der Waals surface area (Å²) in [7, 11) is 0. The Morgan fingerprint density at radius 1 is 0.844 bits per heavy atom. The smallest absolute Gasteiger partial charge is 0.174 e. The molecular weight excluding hydrogens is 400 g/mol. The maximum atomic E-state index is 8.82. The van der Waals surface area contributed by atoms with Crippen LogP contribution in [0.15, 0.2) is 78.9 Å². The Balaban J connectivity index is 1.34. The zero-order valence-corrected chi connectivity index (χ0v) is 18.0. The quantitative estimate of drug-likeness (QED) is 0.343. The van der Waals surface area contributed by atoms with Crippen molar-refractivity contribution in [3.05, 3.63) is 101 Å². The predicted molar refractivity (Wildman–Crippen MR) is 123 cm³/mol. The minimum Gasteiger partial charge on any atom is -0.489 e. The molecule has 3 aromatic carbocycles. The molecule has 5 heteroatoms. The molecule has 0 N–H and O–H groups in total. The molecule has 0 atom stereocenters. The monoisotopic (exact) mass is 424 g/mol. The molecular formula is C27H24N2O3. The normalized spacial score (nSPS) is 10.6. The zero-order valence-electron chi connectivity index (χ0n) is 18.0. The number of nitriles is 1. The highest BCUT2D eigenvalue weighted by molar-refractivity contribution is 5.78. The number of hydrogen-bond donors (Lipinski definition) is 0. The van der Waals surface area contributed by atoms with Crippen LogP contribution in [0.5, 0.6) is 11.5 Å². The first-order valence-corrected chi connectivity index (χ1v) is 10.5. The van der Waals surface area contributed by atoms with E-state index in [9.17, 15) is 0 Å². The van der Waals surface area contributed by atoms with Crippen LogP contribution in [0.25, 0.3) is 10.9 Å². The van der Waals surface area contributed by atoms with Crippen molar-refractivity contribution < 1.29 is 14.2 Å². The zero-order chi connectivity index (χ0) is 22.2. The van der Waals surface area contributed by atoms with Gasteiger partial charge in [-0.2, -0.15) is 5.26 Å². The van der Waals surface area contributed by atoms with Gasteiger partial charge in [-0.3, -0.25) is 4.98 Å².